The van der Waals surface area contributed by atoms with Crippen molar-refractivity contribution in [2.45, 2.75) is 51.9 Å². The Bertz CT molecular complexity index is 957. The number of hydrogen-bond acceptors (Lipinski definition) is 5. The Hall–Kier alpha value is -3.09. The van der Waals surface area contributed by atoms with E-state index in [1.165, 1.54) is 12.8 Å². The van der Waals surface area contributed by atoms with Gasteiger partial charge >= 0.3 is 0 Å². The van der Waals surface area contributed by atoms with Gasteiger partial charge in [-0.25, -0.2) is 5.43 Å². The number of likely N-dealkylation sites (tertiary alicyclic amines) is 1. The molecule has 31 heavy (non-hydrogen) atoms. The van der Waals surface area contributed by atoms with E-state index >= 15 is 0 Å². The van der Waals surface area contributed by atoms with Gasteiger partial charge in [-0.1, -0.05) is 31.0 Å². The van der Waals surface area contributed by atoms with Crippen LogP contribution >= 0.6 is 0 Å². The molecule has 7 heteroatoms. The molecule has 1 aliphatic carbocycles. The molecule has 0 bridgehead atoms. The molecule has 0 spiro atoms. The number of carbonyl (C=O) groups excluding carboxylic acids is 2. The van der Waals surface area contributed by atoms with Gasteiger partial charge in [0.05, 0.1) is 5.71 Å². The van der Waals surface area contributed by atoms with Crippen molar-refractivity contribution >= 4 is 17.5 Å². The molecule has 164 valence electrons. The van der Waals surface area contributed by atoms with Gasteiger partial charge in [0.25, 0.3) is 11.8 Å². The van der Waals surface area contributed by atoms with Gasteiger partial charge in [-0.15, -0.1) is 0 Å². The van der Waals surface area contributed by atoms with Crippen molar-refractivity contribution in [1.82, 2.24) is 10.3 Å². The summed E-state index contributed by atoms with van der Waals surface area (Å²) in [6, 6.07) is 9.18. The summed E-state index contributed by atoms with van der Waals surface area (Å²) in [4.78, 5) is 27.2. The van der Waals surface area contributed by atoms with Gasteiger partial charge in [0, 0.05) is 30.6 Å². The van der Waals surface area contributed by atoms with E-state index in [9.17, 15) is 9.59 Å². The molecular weight excluding hydrogens is 394 g/mol. The summed E-state index contributed by atoms with van der Waals surface area (Å²) in [5.41, 5.74) is 5.03. The average Bonchev–Trinajstić information content (AvgIpc) is 2.96. The first-order valence-electron chi connectivity index (χ1n) is 11.1. The van der Waals surface area contributed by atoms with Crippen molar-refractivity contribution in [2.75, 3.05) is 19.7 Å². The number of benzene rings is 1. The number of aryl methyl sites for hydroxylation is 1. The lowest BCUT2D eigenvalue weighted by molar-refractivity contribution is -0.123. The van der Waals surface area contributed by atoms with E-state index in [0.717, 1.165) is 67.8 Å². The number of para-hydroxylation sites is 1. The van der Waals surface area contributed by atoms with E-state index < -0.39 is 0 Å². The number of nitrogens with zero attached hydrogens (tertiary/aromatic N) is 2. The van der Waals surface area contributed by atoms with Crippen molar-refractivity contribution in [3.05, 3.63) is 53.0 Å². The van der Waals surface area contributed by atoms with Crippen LogP contribution in [0.2, 0.25) is 0 Å². The lowest BCUT2D eigenvalue weighted by atomic mass is 9.93. The maximum Gasteiger partial charge on any atom is 0.289 e. The first kappa shape index (κ1) is 21.2. The number of hydrogen-bond donors (Lipinski definition) is 1. The molecule has 2 aliphatic rings. The molecule has 1 N–H and O–H groups in total. The van der Waals surface area contributed by atoms with Gasteiger partial charge in [-0.2, -0.15) is 5.10 Å². The number of nitrogens with one attached hydrogen (secondary N) is 1. The average molecular weight is 424 g/mol. The molecule has 7 nitrogen and oxygen atoms in total. The van der Waals surface area contributed by atoms with Crippen LogP contribution in [-0.2, 0) is 11.2 Å². The zero-order chi connectivity index (χ0) is 21.6. The second kappa shape index (κ2) is 9.81. The van der Waals surface area contributed by atoms with Crippen molar-refractivity contribution in [3.63, 3.8) is 0 Å². The van der Waals surface area contributed by atoms with Crippen LogP contribution in [0.1, 0.15) is 66.0 Å². The summed E-state index contributed by atoms with van der Waals surface area (Å²) in [5.74, 6) is 1.47. The van der Waals surface area contributed by atoms with Gasteiger partial charge in [0.15, 0.2) is 12.4 Å². The highest BCUT2D eigenvalue weighted by atomic mass is 16.5. The summed E-state index contributed by atoms with van der Waals surface area (Å²) in [7, 11) is 0. The number of carbonyl (C=O) groups is 2. The molecule has 0 saturated carbocycles. The fourth-order valence-corrected chi connectivity index (χ4v) is 4.23. The van der Waals surface area contributed by atoms with Crippen LogP contribution in [0, 0.1) is 6.92 Å². The zero-order valence-corrected chi connectivity index (χ0v) is 18.0. The van der Waals surface area contributed by atoms with Crippen molar-refractivity contribution in [1.29, 1.82) is 0 Å². The van der Waals surface area contributed by atoms with Crippen LogP contribution in [0.5, 0.6) is 5.75 Å². The molecule has 2 aromatic rings. The lowest BCUT2D eigenvalue weighted by Gasteiger charge is -2.19. The molecular formula is C24H29N3O4. The third kappa shape index (κ3) is 4.98. The number of furan rings is 1. The Morgan fingerprint density at radius 2 is 1.81 bits per heavy atom. The van der Waals surface area contributed by atoms with E-state index in [4.69, 9.17) is 9.15 Å². The molecule has 4 rings (SSSR count). The van der Waals surface area contributed by atoms with Crippen molar-refractivity contribution < 1.29 is 18.7 Å². The fraction of sp³-hybridized carbons (Fsp3) is 0.458. The summed E-state index contributed by atoms with van der Waals surface area (Å²) < 4.78 is 11.5. The molecule has 0 radical (unpaired) electrons. The predicted octanol–water partition coefficient (Wildman–Crippen LogP) is 3.84. The van der Waals surface area contributed by atoms with E-state index in [-0.39, 0.29) is 18.4 Å². The summed E-state index contributed by atoms with van der Waals surface area (Å²) in [5, 5.41) is 4.35. The minimum Gasteiger partial charge on any atom is -0.484 e. The van der Waals surface area contributed by atoms with Crippen LogP contribution in [0.4, 0.5) is 0 Å². The second-order valence-corrected chi connectivity index (χ2v) is 8.11. The number of hydrazone groups is 1. The smallest absolute Gasteiger partial charge is 0.289 e. The Morgan fingerprint density at radius 3 is 2.55 bits per heavy atom. The number of amides is 2. The third-order valence-electron chi connectivity index (χ3n) is 5.84. The fourth-order valence-electron chi connectivity index (χ4n) is 4.23. The minimum absolute atomic E-state index is 0.0338. The van der Waals surface area contributed by atoms with Gasteiger partial charge in [-0.3, -0.25) is 9.59 Å². The highest BCUT2D eigenvalue weighted by Gasteiger charge is 2.30. The summed E-state index contributed by atoms with van der Waals surface area (Å²) in [6.07, 6.45) is 6.78. The zero-order valence-electron chi connectivity index (χ0n) is 18.0. The normalized spacial score (nSPS) is 17.7. The highest BCUT2D eigenvalue weighted by Crippen LogP contribution is 2.31. The van der Waals surface area contributed by atoms with Gasteiger partial charge in [0.2, 0.25) is 0 Å². The first-order chi connectivity index (χ1) is 15.1. The summed E-state index contributed by atoms with van der Waals surface area (Å²) >= 11 is 0. The molecule has 2 amide bonds. The maximum absolute atomic E-state index is 13.1. The van der Waals surface area contributed by atoms with Crippen LogP contribution in [-0.4, -0.2) is 42.1 Å². The molecule has 1 aromatic heterocycles. The Labute approximate surface area is 182 Å². The van der Waals surface area contributed by atoms with E-state index in [1.807, 2.05) is 30.0 Å². The quantitative estimate of drug-likeness (QED) is 0.741. The number of rotatable bonds is 5. The third-order valence-corrected chi connectivity index (χ3v) is 5.84. The van der Waals surface area contributed by atoms with Crippen LogP contribution < -0.4 is 10.2 Å². The summed E-state index contributed by atoms with van der Waals surface area (Å²) in [6.45, 7) is 3.36. The highest BCUT2D eigenvalue weighted by molar-refractivity contribution is 6.06. The molecule has 1 saturated heterocycles. The molecule has 2 heterocycles. The number of fused-ring (bicyclic) bond motifs is 1. The topological polar surface area (TPSA) is 84.1 Å². The van der Waals surface area contributed by atoms with Gasteiger partial charge < -0.3 is 14.1 Å². The van der Waals surface area contributed by atoms with Gasteiger partial charge in [-0.05, 0) is 44.7 Å². The number of ether oxygens (including phenoxy) is 1. The molecule has 1 aliphatic heterocycles. The maximum atomic E-state index is 13.1. The largest absolute Gasteiger partial charge is 0.484 e. The second-order valence-electron chi connectivity index (χ2n) is 8.11. The predicted molar refractivity (Wildman–Crippen MR) is 117 cm³/mol. The van der Waals surface area contributed by atoms with Crippen LogP contribution in [0.3, 0.4) is 0 Å². The monoisotopic (exact) mass is 423 g/mol. The van der Waals surface area contributed by atoms with Crippen molar-refractivity contribution in [3.8, 4) is 5.75 Å². The standard InChI is InChI=1S/C24H29N3O4/c1-17-22-19(25-26-21(28)16-30-18-10-5-4-6-11-18)12-9-13-20(22)31-23(17)24(29)27-14-7-2-3-8-15-27/h4-6,10-11H,2-3,7-9,12-16H2,1H3,(H,26,28)/b25-19+. The van der Waals surface area contributed by atoms with E-state index in [0.29, 0.717) is 11.5 Å². The van der Waals surface area contributed by atoms with Gasteiger partial charge in [0.1, 0.15) is 11.5 Å². The lowest BCUT2D eigenvalue weighted by Crippen LogP contribution is -2.32. The molecule has 0 atom stereocenters. The van der Waals surface area contributed by atoms with Crippen molar-refractivity contribution in [2.24, 2.45) is 5.10 Å². The van der Waals surface area contributed by atoms with Crippen LogP contribution in [0.25, 0.3) is 0 Å². The van der Waals surface area contributed by atoms with E-state index in [2.05, 4.69) is 10.5 Å². The SMILES string of the molecule is Cc1c(C(=O)N2CCCCCC2)oc2c1/C(=N/NC(=O)COc1ccccc1)CCC2. The molecule has 0 unspecified atom stereocenters. The Morgan fingerprint density at radius 1 is 1.06 bits per heavy atom. The van der Waals surface area contributed by atoms with Crippen LogP contribution in [0.15, 0.2) is 39.9 Å². The first-order valence-corrected chi connectivity index (χ1v) is 11.1. The Balaban J connectivity index is 1.45. The molecule has 1 fully saturated rings. The minimum atomic E-state index is -0.328. The molecule has 1 aromatic carbocycles. The van der Waals surface area contributed by atoms with E-state index in [1.54, 1.807) is 12.1 Å². The Kier molecular flexibility index (Phi) is 6.70.